The maximum atomic E-state index is 10.9. The summed E-state index contributed by atoms with van der Waals surface area (Å²) < 4.78 is 1.93. The van der Waals surface area contributed by atoms with E-state index in [4.69, 9.17) is 5.11 Å². The van der Waals surface area contributed by atoms with E-state index >= 15 is 0 Å². The van der Waals surface area contributed by atoms with Gasteiger partial charge in [0, 0.05) is 12.1 Å². The molecule has 1 N–H and O–H groups in total. The summed E-state index contributed by atoms with van der Waals surface area (Å²) in [5.74, 6) is -0.248. The number of aromatic carboxylic acids is 1. The Bertz CT molecular complexity index is 581. The number of carbonyl (C=O) groups is 1. The summed E-state index contributed by atoms with van der Waals surface area (Å²) in [6, 6.07) is 1.71. The zero-order chi connectivity index (χ0) is 12.0. The van der Waals surface area contributed by atoms with E-state index in [2.05, 4.69) is 4.98 Å². The fourth-order valence-corrected chi connectivity index (χ4v) is 2.83. The van der Waals surface area contributed by atoms with E-state index in [0.29, 0.717) is 10.8 Å². The Labute approximate surface area is 103 Å². The van der Waals surface area contributed by atoms with Gasteiger partial charge in [0.2, 0.25) is 0 Å². The summed E-state index contributed by atoms with van der Waals surface area (Å²) in [5, 5.41) is 9.90. The highest BCUT2D eigenvalue weighted by atomic mass is 32.1. The lowest BCUT2D eigenvalue weighted by molar-refractivity contribution is 0.0702. The molecule has 2 aromatic rings. The van der Waals surface area contributed by atoms with E-state index in [1.807, 2.05) is 17.7 Å². The largest absolute Gasteiger partial charge is 0.477 e. The molecule has 0 bridgehead atoms. The summed E-state index contributed by atoms with van der Waals surface area (Å²) in [4.78, 5) is 15.7. The highest BCUT2D eigenvalue weighted by Gasteiger charge is 2.26. The molecule has 0 aliphatic heterocycles. The molecule has 1 fully saturated rings. The van der Waals surface area contributed by atoms with Crippen molar-refractivity contribution >= 4 is 17.3 Å². The Morgan fingerprint density at radius 3 is 2.94 bits per heavy atom. The third-order valence-electron chi connectivity index (χ3n) is 2.94. The van der Waals surface area contributed by atoms with Gasteiger partial charge in [-0.05, 0) is 31.4 Å². The minimum atomic E-state index is -0.869. The molecule has 4 nitrogen and oxygen atoms in total. The molecule has 0 saturated heterocycles. The summed E-state index contributed by atoms with van der Waals surface area (Å²) in [6.45, 7) is 1.93. The minimum absolute atomic E-state index is 0.374. The van der Waals surface area contributed by atoms with Crippen molar-refractivity contribution in [1.82, 2.24) is 9.55 Å². The van der Waals surface area contributed by atoms with Crippen LogP contribution in [0, 0.1) is 6.92 Å². The Morgan fingerprint density at radius 1 is 1.59 bits per heavy atom. The van der Waals surface area contributed by atoms with Crippen molar-refractivity contribution in [2.75, 3.05) is 0 Å². The average Bonchev–Trinajstić information content (AvgIpc) is 2.88. The summed E-state index contributed by atoms with van der Waals surface area (Å²) in [6.07, 6.45) is 6.24. The molecule has 1 aliphatic carbocycles. The van der Waals surface area contributed by atoms with Crippen LogP contribution in [0.15, 0.2) is 18.6 Å². The maximum Gasteiger partial charge on any atom is 0.345 e. The molecule has 88 valence electrons. The van der Waals surface area contributed by atoms with Crippen molar-refractivity contribution in [3.8, 4) is 5.00 Å². The Balaban J connectivity index is 1.98. The number of hydrogen-bond donors (Lipinski definition) is 1. The molecule has 5 heteroatoms. The number of carboxylic acids is 1. The van der Waals surface area contributed by atoms with Gasteiger partial charge in [0.25, 0.3) is 0 Å². The molecule has 2 heterocycles. The van der Waals surface area contributed by atoms with Gasteiger partial charge >= 0.3 is 5.97 Å². The van der Waals surface area contributed by atoms with Gasteiger partial charge in [-0.2, -0.15) is 0 Å². The second-order valence-electron chi connectivity index (χ2n) is 4.38. The Hall–Kier alpha value is -1.62. The van der Waals surface area contributed by atoms with Gasteiger partial charge in [0.05, 0.1) is 5.69 Å². The van der Waals surface area contributed by atoms with Gasteiger partial charge in [-0.25, -0.2) is 9.78 Å². The van der Waals surface area contributed by atoms with Crippen LogP contribution in [0.4, 0.5) is 0 Å². The highest BCUT2D eigenvalue weighted by molar-refractivity contribution is 7.16. The van der Waals surface area contributed by atoms with E-state index in [0.717, 1.165) is 16.3 Å². The highest BCUT2D eigenvalue weighted by Crippen LogP contribution is 2.39. The van der Waals surface area contributed by atoms with Gasteiger partial charge in [0.15, 0.2) is 0 Å². The van der Waals surface area contributed by atoms with Crippen molar-refractivity contribution < 1.29 is 9.90 Å². The van der Waals surface area contributed by atoms with Crippen LogP contribution in [0.1, 0.15) is 39.7 Å². The molecular weight excluding hydrogens is 236 g/mol. The lowest BCUT2D eigenvalue weighted by atomic mass is 10.3. The molecule has 3 rings (SSSR count). The second-order valence-corrected chi connectivity index (χ2v) is 5.41. The van der Waals surface area contributed by atoms with E-state index in [9.17, 15) is 4.79 Å². The minimum Gasteiger partial charge on any atom is -0.477 e. The molecule has 0 atom stereocenters. The molecule has 2 aromatic heterocycles. The van der Waals surface area contributed by atoms with Crippen molar-refractivity contribution in [2.45, 2.75) is 25.7 Å². The number of carboxylic acid groups (broad SMARTS) is 1. The smallest absolute Gasteiger partial charge is 0.345 e. The average molecular weight is 248 g/mol. The number of rotatable bonds is 3. The predicted octanol–water partition coefficient (Wildman–Crippen LogP) is 2.82. The monoisotopic (exact) mass is 248 g/mol. The lowest BCUT2D eigenvalue weighted by Gasteiger charge is -1.98. The fraction of sp³-hybridized carbons (Fsp3) is 0.333. The number of imidazole rings is 1. The summed E-state index contributed by atoms with van der Waals surface area (Å²) in [7, 11) is 0. The normalized spacial score (nSPS) is 15.1. The first-order chi connectivity index (χ1) is 8.15. The van der Waals surface area contributed by atoms with Gasteiger partial charge in [-0.15, -0.1) is 11.3 Å². The van der Waals surface area contributed by atoms with Crippen LogP contribution in [0.3, 0.4) is 0 Å². The van der Waals surface area contributed by atoms with E-state index < -0.39 is 5.97 Å². The van der Waals surface area contributed by atoms with Gasteiger partial charge in [-0.3, -0.25) is 4.57 Å². The SMILES string of the molecule is Cc1cc(C(=O)O)sc1-n1cnc(C2CC2)c1. The zero-order valence-electron chi connectivity index (χ0n) is 9.38. The van der Waals surface area contributed by atoms with Crippen LogP contribution >= 0.6 is 11.3 Å². The molecule has 17 heavy (non-hydrogen) atoms. The number of aryl methyl sites for hydroxylation is 1. The maximum absolute atomic E-state index is 10.9. The molecule has 1 saturated carbocycles. The first-order valence-electron chi connectivity index (χ1n) is 5.53. The zero-order valence-corrected chi connectivity index (χ0v) is 10.2. The molecule has 0 aromatic carbocycles. The first kappa shape index (κ1) is 10.5. The van der Waals surface area contributed by atoms with Gasteiger partial charge < -0.3 is 5.11 Å². The quantitative estimate of drug-likeness (QED) is 0.908. The second kappa shape index (κ2) is 3.70. The third kappa shape index (κ3) is 1.86. The molecule has 0 spiro atoms. The number of aromatic nitrogens is 2. The van der Waals surface area contributed by atoms with Crippen LogP contribution in [0.2, 0.25) is 0 Å². The third-order valence-corrected chi connectivity index (χ3v) is 4.17. The number of hydrogen-bond acceptors (Lipinski definition) is 3. The van der Waals surface area contributed by atoms with E-state index in [1.54, 1.807) is 12.4 Å². The van der Waals surface area contributed by atoms with E-state index in [-0.39, 0.29) is 0 Å². The topological polar surface area (TPSA) is 55.1 Å². The van der Waals surface area contributed by atoms with Crippen LogP contribution in [-0.4, -0.2) is 20.6 Å². The molecule has 1 aliphatic rings. The predicted molar refractivity (Wildman–Crippen MR) is 65.1 cm³/mol. The van der Waals surface area contributed by atoms with Crippen LogP contribution in [0.25, 0.3) is 5.00 Å². The number of nitrogens with zero attached hydrogens (tertiary/aromatic N) is 2. The van der Waals surface area contributed by atoms with Crippen LogP contribution in [0.5, 0.6) is 0 Å². The van der Waals surface area contributed by atoms with Crippen LogP contribution in [-0.2, 0) is 0 Å². The molecule has 0 radical (unpaired) electrons. The molecule has 0 unspecified atom stereocenters. The van der Waals surface area contributed by atoms with Crippen LogP contribution < -0.4 is 0 Å². The number of thiophene rings is 1. The molecular formula is C12H12N2O2S. The Morgan fingerprint density at radius 2 is 2.35 bits per heavy atom. The molecule has 0 amide bonds. The van der Waals surface area contributed by atoms with Gasteiger partial charge in [0.1, 0.15) is 16.2 Å². The van der Waals surface area contributed by atoms with Crippen molar-refractivity contribution in [1.29, 1.82) is 0 Å². The van der Waals surface area contributed by atoms with Crippen molar-refractivity contribution in [3.05, 3.63) is 34.7 Å². The standard InChI is InChI=1S/C12H12N2O2S/c1-7-4-10(12(15)16)17-11(7)14-5-9(13-6-14)8-2-3-8/h4-6,8H,2-3H2,1H3,(H,15,16). The first-order valence-corrected chi connectivity index (χ1v) is 6.35. The fourth-order valence-electron chi connectivity index (χ4n) is 1.87. The summed E-state index contributed by atoms with van der Waals surface area (Å²) in [5.41, 5.74) is 2.10. The Kier molecular flexibility index (Phi) is 2.29. The summed E-state index contributed by atoms with van der Waals surface area (Å²) >= 11 is 1.29. The van der Waals surface area contributed by atoms with E-state index in [1.165, 1.54) is 24.2 Å². The van der Waals surface area contributed by atoms with Crippen molar-refractivity contribution in [3.63, 3.8) is 0 Å². The lowest BCUT2D eigenvalue weighted by Crippen LogP contribution is -1.90. The van der Waals surface area contributed by atoms with Gasteiger partial charge in [-0.1, -0.05) is 0 Å². The van der Waals surface area contributed by atoms with Crippen molar-refractivity contribution in [2.24, 2.45) is 0 Å².